The number of aryl methyl sites for hydroxylation is 2. The summed E-state index contributed by atoms with van der Waals surface area (Å²) in [6.45, 7) is 23.6. The molecule has 1 aliphatic rings. The third-order valence-corrected chi connectivity index (χ3v) is 13.0. The molecule has 0 aromatic heterocycles. The number of benzene rings is 1. The molecule has 0 spiro atoms. The Labute approximate surface area is 168 Å². The van der Waals surface area contributed by atoms with Crippen LogP contribution in [-0.4, -0.2) is 15.2 Å². The first-order chi connectivity index (χ1) is 12.3. The standard InChI is InChI=1S/C25H40OSi/c1-16-14-21(12-13-22-19(4)17(2)18(3)20(22)5)24(26-9)23(15-16)27(10,11)25(6,7)8/h14-15,19H,12-13H2,1-11H3. The second-order valence-electron chi connectivity index (χ2n) is 10.1. The fourth-order valence-electron chi connectivity index (χ4n) is 4.26. The molecule has 0 saturated carbocycles. The van der Waals surface area contributed by atoms with Crippen molar-refractivity contribution < 1.29 is 4.74 Å². The lowest BCUT2D eigenvalue weighted by Crippen LogP contribution is -2.50. The van der Waals surface area contributed by atoms with E-state index in [1.54, 1.807) is 11.1 Å². The van der Waals surface area contributed by atoms with Gasteiger partial charge in [-0.3, -0.25) is 0 Å². The molecule has 0 fully saturated rings. The van der Waals surface area contributed by atoms with Crippen molar-refractivity contribution >= 4 is 13.3 Å². The summed E-state index contributed by atoms with van der Waals surface area (Å²) < 4.78 is 6.03. The number of rotatable bonds is 5. The maximum Gasteiger partial charge on any atom is 0.121 e. The van der Waals surface area contributed by atoms with Crippen molar-refractivity contribution in [3.8, 4) is 5.75 Å². The number of methoxy groups -OCH3 is 1. The quantitative estimate of drug-likeness (QED) is 0.499. The van der Waals surface area contributed by atoms with E-state index in [2.05, 4.69) is 80.6 Å². The van der Waals surface area contributed by atoms with Crippen LogP contribution < -0.4 is 9.92 Å². The van der Waals surface area contributed by atoms with Crippen molar-refractivity contribution in [2.24, 2.45) is 5.92 Å². The monoisotopic (exact) mass is 384 g/mol. The summed E-state index contributed by atoms with van der Waals surface area (Å²) in [5.74, 6) is 1.73. The predicted molar refractivity (Wildman–Crippen MR) is 123 cm³/mol. The number of hydrogen-bond acceptors (Lipinski definition) is 1. The summed E-state index contributed by atoms with van der Waals surface area (Å²) >= 11 is 0. The minimum Gasteiger partial charge on any atom is -0.497 e. The van der Waals surface area contributed by atoms with Crippen LogP contribution in [0.5, 0.6) is 5.75 Å². The van der Waals surface area contributed by atoms with E-state index in [-0.39, 0.29) is 0 Å². The number of hydrogen-bond donors (Lipinski definition) is 0. The zero-order chi connectivity index (χ0) is 20.7. The van der Waals surface area contributed by atoms with Crippen LogP contribution in [0, 0.1) is 12.8 Å². The third-order valence-electron chi connectivity index (χ3n) is 7.53. The summed E-state index contributed by atoms with van der Waals surface area (Å²) in [5.41, 5.74) is 8.91. The second-order valence-corrected chi connectivity index (χ2v) is 15.3. The highest BCUT2D eigenvalue weighted by atomic mass is 28.3. The smallest absolute Gasteiger partial charge is 0.121 e. The van der Waals surface area contributed by atoms with E-state index >= 15 is 0 Å². The van der Waals surface area contributed by atoms with E-state index in [0.717, 1.165) is 18.6 Å². The molecule has 2 heteroatoms. The third kappa shape index (κ3) is 3.97. The molecule has 0 aliphatic heterocycles. The molecule has 0 bridgehead atoms. The topological polar surface area (TPSA) is 9.23 Å². The van der Waals surface area contributed by atoms with Crippen molar-refractivity contribution in [3.63, 3.8) is 0 Å². The molecule has 1 aromatic rings. The highest BCUT2D eigenvalue weighted by molar-refractivity contribution is 6.92. The van der Waals surface area contributed by atoms with Crippen molar-refractivity contribution in [2.75, 3.05) is 7.11 Å². The predicted octanol–water partition coefficient (Wildman–Crippen LogP) is 6.95. The van der Waals surface area contributed by atoms with E-state index in [4.69, 9.17) is 4.74 Å². The van der Waals surface area contributed by atoms with Crippen LogP contribution in [0.1, 0.15) is 66.0 Å². The van der Waals surface area contributed by atoms with E-state index in [1.807, 2.05) is 7.11 Å². The Morgan fingerprint density at radius 3 is 2.00 bits per heavy atom. The highest BCUT2D eigenvalue weighted by Gasteiger charge is 2.39. The molecule has 1 aliphatic carbocycles. The van der Waals surface area contributed by atoms with Gasteiger partial charge in [0.25, 0.3) is 0 Å². The van der Waals surface area contributed by atoms with Crippen LogP contribution in [0.4, 0.5) is 0 Å². The Hall–Kier alpha value is -1.28. The molecule has 1 nitrogen and oxygen atoms in total. The van der Waals surface area contributed by atoms with Gasteiger partial charge >= 0.3 is 0 Å². The van der Waals surface area contributed by atoms with Crippen LogP contribution >= 0.6 is 0 Å². The lowest BCUT2D eigenvalue weighted by Gasteiger charge is -2.38. The number of allylic oxidation sites excluding steroid dienone is 4. The SMILES string of the molecule is COc1c(CCC2=C(C)C(C)=C(C)C2C)cc(C)cc1[Si](C)(C)C(C)(C)C. The first kappa shape index (κ1) is 22.0. The molecule has 1 atom stereocenters. The fraction of sp³-hybridized carbons (Fsp3) is 0.600. The van der Waals surface area contributed by atoms with E-state index in [1.165, 1.54) is 27.5 Å². The Morgan fingerprint density at radius 2 is 1.56 bits per heavy atom. The minimum absolute atomic E-state index is 0.294. The van der Waals surface area contributed by atoms with Crippen LogP contribution in [0.25, 0.3) is 0 Å². The van der Waals surface area contributed by atoms with Crippen molar-refractivity contribution in [2.45, 2.75) is 86.4 Å². The van der Waals surface area contributed by atoms with Crippen LogP contribution in [-0.2, 0) is 6.42 Å². The molecule has 2 rings (SSSR count). The summed E-state index contributed by atoms with van der Waals surface area (Å²) in [5, 5.41) is 1.77. The molecular formula is C25H40OSi. The van der Waals surface area contributed by atoms with Gasteiger partial charge in [0.15, 0.2) is 0 Å². The van der Waals surface area contributed by atoms with Crippen LogP contribution in [0.15, 0.2) is 34.4 Å². The number of ether oxygens (including phenoxy) is 1. The zero-order valence-corrected chi connectivity index (χ0v) is 20.6. The summed E-state index contributed by atoms with van der Waals surface area (Å²) in [7, 11) is 0.187. The lowest BCUT2D eigenvalue weighted by atomic mass is 9.92. The Balaban J connectivity index is 2.42. The van der Waals surface area contributed by atoms with Gasteiger partial charge < -0.3 is 4.74 Å². The van der Waals surface area contributed by atoms with Gasteiger partial charge in [-0.1, -0.05) is 69.6 Å². The highest BCUT2D eigenvalue weighted by Crippen LogP contribution is 2.41. The van der Waals surface area contributed by atoms with E-state index in [0.29, 0.717) is 11.0 Å². The van der Waals surface area contributed by atoms with E-state index in [9.17, 15) is 0 Å². The normalized spacial score (nSPS) is 18.6. The molecule has 0 N–H and O–H groups in total. The minimum atomic E-state index is -1.66. The van der Waals surface area contributed by atoms with Crippen LogP contribution in [0.3, 0.4) is 0 Å². The Bertz CT molecular complexity index is 787. The summed E-state index contributed by atoms with van der Waals surface area (Å²) in [4.78, 5) is 0. The Morgan fingerprint density at radius 1 is 0.963 bits per heavy atom. The molecule has 0 amide bonds. The maximum absolute atomic E-state index is 6.03. The molecule has 27 heavy (non-hydrogen) atoms. The van der Waals surface area contributed by atoms with Gasteiger partial charge in [0.1, 0.15) is 5.75 Å². The molecule has 0 saturated heterocycles. The molecule has 0 heterocycles. The zero-order valence-electron chi connectivity index (χ0n) is 19.6. The van der Waals surface area contributed by atoms with Gasteiger partial charge in [0, 0.05) is 0 Å². The largest absolute Gasteiger partial charge is 0.497 e. The van der Waals surface area contributed by atoms with Crippen molar-refractivity contribution in [3.05, 3.63) is 45.6 Å². The average molecular weight is 385 g/mol. The molecular weight excluding hydrogens is 344 g/mol. The van der Waals surface area contributed by atoms with Gasteiger partial charge in [0.05, 0.1) is 15.2 Å². The van der Waals surface area contributed by atoms with Gasteiger partial charge in [-0.25, -0.2) is 0 Å². The molecule has 0 radical (unpaired) electrons. The maximum atomic E-state index is 6.03. The first-order valence-electron chi connectivity index (χ1n) is 10.4. The van der Waals surface area contributed by atoms with Crippen LogP contribution in [0.2, 0.25) is 18.1 Å². The van der Waals surface area contributed by atoms with Gasteiger partial charge in [0.2, 0.25) is 0 Å². The average Bonchev–Trinajstić information content (AvgIpc) is 2.75. The van der Waals surface area contributed by atoms with E-state index < -0.39 is 8.07 Å². The van der Waals surface area contributed by atoms with Gasteiger partial charge in [-0.05, 0) is 73.4 Å². The summed E-state index contributed by atoms with van der Waals surface area (Å²) in [6, 6.07) is 4.73. The van der Waals surface area contributed by atoms with Gasteiger partial charge in [-0.2, -0.15) is 0 Å². The molecule has 1 aromatic carbocycles. The summed E-state index contributed by atoms with van der Waals surface area (Å²) in [6.07, 6.45) is 2.18. The first-order valence-corrected chi connectivity index (χ1v) is 13.4. The molecule has 150 valence electrons. The lowest BCUT2D eigenvalue weighted by molar-refractivity contribution is 0.412. The van der Waals surface area contributed by atoms with Gasteiger partial charge in [-0.15, -0.1) is 0 Å². The second kappa shape index (κ2) is 7.62. The fourth-order valence-corrected chi connectivity index (χ4v) is 6.49. The molecule has 1 unspecified atom stereocenters. The van der Waals surface area contributed by atoms with Crippen molar-refractivity contribution in [1.29, 1.82) is 0 Å². The van der Waals surface area contributed by atoms with Crippen molar-refractivity contribution in [1.82, 2.24) is 0 Å². The Kier molecular flexibility index (Phi) is 6.21.